The van der Waals surface area contributed by atoms with Crippen LogP contribution < -0.4 is 9.47 Å². The number of fused-ring (bicyclic) bond motifs is 3. The smallest absolute Gasteiger partial charge is 0.163 e. The lowest BCUT2D eigenvalue weighted by Crippen LogP contribution is -2.15. The predicted molar refractivity (Wildman–Crippen MR) is 109 cm³/mol. The molecule has 0 saturated carbocycles. The molecule has 0 aliphatic rings. The number of nitrogens with one attached hydrogen (secondary N) is 1. The molecule has 6 heteroatoms. The standard InChI is InChI=1S/C21H29N3O3/c1-5-26-12-8-16-21-15-13-19(25-4)20(27-11-6-10-24(2)3)14-18(15)23-17(21)7-9-22-16/h7,9,13-14,23H,5-6,8,10-12H2,1-4H3. The van der Waals surface area contributed by atoms with Crippen molar-refractivity contribution in [1.82, 2.24) is 14.9 Å². The largest absolute Gasteiger partial charge is 0.493 e. The molecule has 0 fully saturated rings. The van der Waals surface area contributed by atoms with Crippen LogP contribution >= 0.6 is 0 Å². The van der Waals surface area contributed by atoms with Crippen LogP contribution in [0.3, 0.4) is 0 Å². The molecule has 0 radical (unpaired) electrons. The van der Waals surface area contributed by atoms with Gasteiger partial charge in [0.25, 0.3) is 0 Å². The number of hydrogen-bond acceptors (Lipinski definition) is 5. The minimum absolute atomic E-state index is 0.654. The summed E-state index contributed by atoms with van der Waals surface area (Å²) >= 11 is 0. The van der Waals surface area contributed by atoms with E-state index in [9.17, 15) is 0 Å². The molecule has 0 bridgehead atoms. The van der Waals surface area contributed by atoms with Crippen LogP contribution in [0.2, 0.25) is 0 Å². The maximum Gasteiger partial charge on any atom is 0.163 e. The summed E-state index contributed by atoms with van der Waals surface area (Å²) < 4.78 is 17.1. The Hall–Kier alpha value is -2.31. The first-order chi connectivity index (χ1) is 13.1. The van der Waals surface area contributed by atoms with E-state index in [2.05, 4.69) is 29.0 Å². The normalized spacial score (nSPS) is 11.6. The molecule has 3 rings (SSSR count). The second-order valence-corrected chi connectivity index (χ2v) is 6.81. The molecule has 27 heavy (non-hydrogen) atoms. The summed E-state index contributed by atoms with van der Waals surface area (Å²) in [5.74, 6) is 1.51. The first kappa shape index (κ1) is 19.5. The highest BCUT2D eigenvalue weighted by atomic mass is 16.5. The van der Waals surface area contributed by atoms with Crippen molar-refractivity contribution < 1.29 is 14.2 Å². The summed E-state index contributed by atoms with van der Waals surface area (Å²) in [5.41, 5.74) is 3.13. The highest BCUT2D eigenvalue weighted by Crippen LogP contribution is 2.36. The van der Waals surface area contributed by atoms with Gasteiger partial charge in [0, 0.05) is 48.1 Å². The number of aromatic amines is 1. The second kappa shape index (κ2) is 9.06. The zero-order valence-corrected chi connectivity index (χ0v) is 16.7. The number of benzene rings is 1. The Morgan fingerprint density at radius 1 is 1.11 bits per heavy atom. The molecule has 1 aromatic carbocycles. The molecular formula is C21H29N3O3. The van der Waals surface area contributed by atoms with Crippen LogP contribution in [-0.4, -0.2) is 62.4 Å². The Morgan fingerprint density at radius 3 is 2.70 bits per heavy atom. The Morgan fingerprint density at radius 2 is 1.96 bits per heavy atom. The summed E-state index contributed by atoms with van der Waals surface area (Å²) in [6.07, 6.45) is 3.59. The minimum atomic E-state index is 0.654. The first-order valence-corrected chi connectivity index (χ1v) is 9.46. The van der Waals surface area contributed by atoms with Gasteiger partial charge >= 0.3 is 0 Å². The van der Waals surface area contributed by atoms with Gasteiger partial charge in [0.05, 0.1) is 31.5 Å². The van der Waals surface area contributed by atoms with Crippen LogP contribution in [0.15, 0.2) is 24.4 Å². The van der Waals surface area contributed by atoms with E-state index in [1.807, 2.05) is 31.3 Å². The monoisotopic (exact) mass is 371 g/mol. The van der Waals surface area contributed by atoms with Gasteiger partial charge < -0.3 is 24.1 Å². The van der Waals surface area contributed by atoms with Gasteiger partial charge in [0.15, 0.2) is 11.5 Å². The maximum atomic E-state index is 5.98. The van der Waals surface area contributed by atoms with Gasteiger partial charge in [-0.1, -0.05) is 0 Å². The van der Waals surface area contributed by atoms with Crippen molar-refractivity contribution in [3.05, 3.63) is 30.1 Å². The van der Waals surface area contributed by atoms with Crippen molar-refractivity contribution in [3.8, 4) is 11.5 Å². The van der Waals surface area contributed by atoms with Crippen molar-refractivity contribution in [2.24, 2.45) is 0 Å². The quantitative estimate of drug-likeness (QED) is 0.552. The molecule has 0 aliphatic carbocycles. The third-order valence-corrected chi connectivity index (χ3v) is 4.57. The van der Waals surface area contributed by atoms with Gasteiger partial charge in [0.2, 0.25) is 0 Å². The van der Waals surface area contributed by atoms with Crippen LogP contribution in [0.25, 0.3) is 21.8 Å². The summed E-state index contributed by atoms with van der Waals surface area (Å²) in [7, 11) is 5.81. The van der Waals surface area contributed by atoms with Crippen molar-refractivity contribution >= 4 is 21.8 Å². The molecular weight excluding hydrogens is 342 g/mol. The van der Waals surface area contributed by atoms with Crippen LogP contribution in [0.5, 0.6) is 11.5 Å². The minimum Gasteiger partial charge on any atom is -0.493 e. The molecule has 0 atom stereocenters. The van der Waals surface area contributed by atoms with Gasteiger partial charge in [-0.25, -0.2) is 0 Å². The van der Waals surface area contributed by atoms with E-state index in [1.54, 1.807) is 7.11 Å². The summed E-state index contributed by atoms with van der Waals surface area (Å²) in [5, 5.41) is 2.23. The molecule has 146 valence electrons. The molecule has 6 nitrogen and oxygen atoms in total. The van der Waals surface area contributed by atoms with E-state index in [4.69, 9.17) is 14.2 Å². The first-order valence-electron chi connectivity index (χ1n) is 9.46. The SMILES string of the molecule is CCOCCc1nccc2[nH]c3cc(OCCCN(C)C)c(OC)cc3c12. The number of methoxy groups -OCH3 is 1. The Labute approximate surface area is 160 Å². The molecule has 0 amide bonds. The molecule has 2 aromatic heterocycles. The lowest BCUT2D eigenvalue weighted by atomic mass is 10.1. The van der Waals surface area contributed by atoms with Gasteiger partial charge in [0.1, 0.15) is 0 Å². The molecule has 0 saturated heterocycles. The van der Waals surface area contributed by atoms with Crippen molar-refractivity contribution in [2.45, 2.75) is 19.8 Å². The van der Waals surface area contributed by atoms with Gasteiger partial charge in [-0.3, -0.25) is 4.98 Å². The van der Waals surface area contributed by atoms with E-state index in [-0.39, 0.29) is 0 Å². The topological polar surface area (TPSA) is 59.6 Å². The van der Waals surface area contributed by atoms with Crippen molar-refractivity contribution in [3.63, 3.8) is 0 Å². The Balaban J connectivity index is 1.92. The number of rotatable bonds is 10. The molecule has 3 aromatic rings. The van der Waals surface area contributed by atoms with Crippen molar-refractivity contribution in [1.29, 1.82) is 0 Å². The number of pyridine rings is 1. The van der Waals surface area contributed by atoms with E-state index < -0.39 is 0 Å². The van der Waals surface area contributed by atoms with Crippen LogP contribution in [-0.2, 0) is 11.2 Å². The van der Waals surface area contributed by atoms with E-state index in [0.29, 0.717) is 19.8 Å². The fraction of sp³-hybridized carbons (Fsp3) is 0.476. The molecule has 0 aliphatic heterocycles. The zero-order valence-electron chi connectivity index (χ0n) is 16.7. The average molecular weight is 371 g/mol. The predicted octanol–water partition coefficient (Wildman–Crippen LogP) is 3.63. The molecule has 1 N–H and O–H groups in total. The number of hydrogen-bond donors (Lipinski definition) is 1. The highest BCUT2D eigenvalue weighted by Gasteiger charge is 2.14. The Kier molecular flexibility index (Phi) is 6.53. The second-order valence-electron chi connectivity index (χ2n) is 6.81. The van der Waals surface area contributed by atoms with E-state index in [0.717, 1.165) is 58.4 Å². The number of aromatic nitrogens is 2. The third-order valence-electron chi connectivity index (χ3n) is 4.57. The third kappa shape index (κ3) is 4.51. The van der Waals surface area contributed by atoms with Crippen LogP contribution in [0.4, 0.5) is 0 Å². The zero-order chi connectivity index (χ0) is 19.2. The number of nitrogens with zero attached hydrogens (tertiary/aromatic N) is 2. The summed E-state index contributed by atoms with van der Waals surface area (Å²) in [6.45, 7) is 5.03. The van der Waals surface area contributed by atoms with Crippen LogP contribution in [0.1, 0.15) is 19.0 Å². The fourth-order valence-corrected chi connectivity index (χ4v) is 3.26. The molecule has 2 heterocycles. The van der Waals surface area contributed by atoms with Gasteiger partial charge in [-0.05, 0) is 39.6 Å². The van der Waals surface area contributed by atoms with Gasteiger partial charge in [-0.2, -0.15) is 0 Å². The Bertz CT molecular complexity index is 889. The molecule has 0 spiro atoms. The molecule has 0 unspecified atom stereocenters. The number of ether oxygens (including phenoxy) is 3. The highest BCUT2D eigenvalue weighted by molar-refractivity contribution is 6.09. The summed E-state index contributed by atoms with van der Waals surface area (Å²) in [4.78, 5) is 10.2. The summed E-state index contributed by atoms with van der Waals surface area (Å²) in [6, 6.07) is 6.07. The lowest BCUT2D eigenvalue weighted by molar-refractivity contribution is 0.150. The average Bonchev–Trinajstić information content (AvgIpc) is 3.02. The van der Waals surface area contributed by atoms with Crippen LogP contribution in [0, 0.1) is 0 Å². The van der Waals surface area contributed by atoms with Crippen molar-refractivity contribution in [2.75, 3.05) is 47.6 Å². The fourth-order valence-electron chi connectivity index (χ4n) is 3.26. The van der Waals surface area contributed by atoms with E-state index >= 15 is 0 Å². The maximum absolute atomic E-state index is 5.98. The van der Waals surface area contributed by atoms with Gasteiger partial charge in [-0.15, -0.1) is 0 Å². The van der Waals surface area contributed by atoms with E-state index in [1.165, 1.54) is 0 Å². The number of H-pyrrole nitrogens is 1. The lowest BCUT2D eigenvalue weighted by Gasteiger charge is -2.13.